The predicted molar refractivity (Wildman–Crippen MR) is 32.0 cm³/mol. The zero-order valence-corrected chi connectivity index (χ0v) is 5.61. The number of ether oxygens (including phenoxy) is 1. The Morgan fingerprint density at radius 3 is 2.25 bits per heavy atom. The van der Waals surface area contributed by atoms with Crippen LogP contribution in [0.5, 0.6) is 0 Å². The number of rotatable bonds is 2. The first-order valence-corrected chi connectivity index (χ1v) is 2.46. The van der Waals surface area contributed by atoms with Gasteiger partial charge in [0.05, 0.1) is 0 Å². The van der Waals surface area contributed by atoms with Crippen molar-refractivity contribution in [2.45, 2.75) is 11.9 Å². The molecule has 0 heterocycles. The Hall–Kier alpha value is -0.220. The van der Waals surface area contributed by atoms with Gasteiger partial charge in [0.25, 0.3) is 0 Å². The van der Waals surface area contributed by atoms with Gasteiger partial charge in [-0.1, -0.05) is 0 Å². The molecule has 0 aliphatic carbocycles. The molecule has 0 spiro atoms. The molecule has 0 aliphatic rings. The fraction of sp³-hybridized carbons (Fsp3) is 0.750. The molecule has 0 aliphatic heterocycles. The van der Waals surface area contributed by atoms with Crippen molar-refractivity contribution in [2.24, 2.45) is 0 Å². The SMILES string of the molecule is COC(C)(S)C(=O)O. The monoisotopic (exact) mass is 136 g/mol. The van der Waals surface area contributed by atoms with Gasteiger partial charge >= 0.3 is 5.97 Å². The number of carbonyl (C=O) groups is 1. The molecular formula is C4H8O3S. The summed E-state index contributed by atoms with van der Waals surface area (Å²) in [7, 11) is 1.29. The van der Waals surface area contributed by atoms with Gasteiger partial charge in [0.2, 0.25) is 4.93 Å². The summed E-state index contributed by atoms with van der Waals surface area (Å²) in [6.07, 6.45) is 0. The number of hydrogen-bond donors (Lipinski definition) is 2. The van der Waals surface area contributed by atoms with Crippen LogP contribution in [0.3, 0.4) is 0 Å². The van der Waals surface area contributed by atoms with E-state index in [1.807, 2.05) is 0 Å². The second kappa shape index (κ2) is 2.37. The lowest BCUT2D eigenvalue weighted by Crippen LogP contribution is -2.30. The molecule has 1 atom stereocenters. The minimum Gasteiger partial charge on any atom is -0.478 e. The molecular weight excluding hydrogens is 128 g/mol. The van der Waals surface area contributed by atoms with Gasteiger partial charge in [0.15, 0.2) is 0 Å². The van der Waals surface area contributed by atoms with E-state index in [2.05, 4.69) is 17.4 Å². The molecule has 0 fully saturated rings. The van der Waals surface area contributed by atoms with E-state index in [9.17, 15) is 4.79 Å². The molecule has 0 aromatic rings. The zero-order chi connectivity index (χ0) is 6.78. The summed E-state index contributed by atoms with van der Waals surface area (Å²) in [6.45, 7) is 1.36. The fourth-order valence-electron chi connectivity index (χ4n) is 0.0873. The molecule has 1 unspecified atom stereocenters. The average molecular weight is 136 g/mol. The molecule has 0 rings (SSSR count). The van der Waals surface area contributed by atoms with Crippen LogP contribution in [-0.4, -0.2) is 23.1 Å². The Bertz CT molecular complexity index is 99.5. The summed E-state index contributed by atoms with van der Waals surface area (Å²) in [5.41, 5.74) is 0. The van der Waals surface area contributed by atoms with Crippen molar-refractivity contribution < 1.29 is 14.6 Å². The second-order valence-electron chi connectivity index (χ2n) is 1.49. The summed E-state index contributed by atoms with van der Waals surface area (Å²) in [4.78, 5) is 8.70. The number of aliphatic carboxylic acids is 1. The van der Waals surface area contributed by atoms with Gasteiger partial charge < -0.3 is 9.84 Å². The first kappa shape index (κ1) is 7.78. The van der Waals surface area contributed by atoms with Crippen molar-refractivity contribution in [1.82, 2.24) is 0 Å². The lowest BCUT2D eigenvalue weighted by atomic mass is 10.4. The summed E-state index contributed by atoms with van der Waals surface area (Å²) in [5, 5.41) is 8.24. The Kier molecular flexibility index (Phi) is 2.30. The average Bonchev–Trinajstić information content (AvgIpc) is 1.67. The lowest BCUT2D eigenvalue weighted by molar-refractivity contribution is -0.150. The van der Waals surface area contributed by atoms with Crippen LogP contribution < -0.4 is 0 Å². The fourth-order valence-corrected chi connectivity index (χ4v) is 0.0873. The molecule has 0 saturated heterocycles. The quantitative estimate of drug-likeness (QED) is 0.425. The molecule has 48 valence electrons. The van der Waals surface area contributed by atoms with Crippen LogP contribution in [0.1, 0.15) is 6.92 Å². The largest absolute Gasteiger partial charge is 0.478 e. The molecule has 3 nitrogen and oxygen atoms in total. The molecule has 0 saturated carbocycles. The van der Waals surface area contributed by atoms with Gasteiger partial charge in [-0.3, -0.25) is 0 Å². The maximum absolute atomic E-state index is 10.1. The Labute approximate surface area is 53.1 Å². The lowest BCUT2D eigenvalue weighted by Gasteiger charge is -2.14. The molecule has 1 N–H and O–H groups in total. The van der Waals surface area contributed by atoms with Crippen LogP contribution in [0, 0.1) is 0 Å². The highest BCUT2D eigenvalue weighted by atomic mass is 32.1. The molecule has 4 heteroatoms. The molecule has 8 heavy (non-hydrogen) atoms. The van der Waals surface area contributed by atoms with Gasteiger partial charge in [-0.2, -0.15) is 0 Å². The van der Waals surface area contributed by atoms with Gasteiger partial charge in [0.1, 0.15) is 0 Å². The van der Waals surface area contributed by atoms with Crippen LogP contribution in [0.4, 0.5) is 0 Å². The van der Waals surface area contributed by atoms with E-state index >= 15 is 0 Å². The standard InChI is InChI=1S/C4H8O3S/c1-4(8,7-2)3(5)6/h8H,1-2H3,(H,5,6). The predicted octanol–water partition coefficient (Wildman–Crippen LogP) is 0.363. The minimum atomic E-state index is -1.35. The topological polar surface area (TPSA) is 46.5 Å². The van der Waals surface area contributed by atoms with Crippen LogP contribution in [0.2, 0.25) is 0 Å². The smallest absolute Gasteiger partial charge is 0.346 e. The number of carboxylic acids is 1. The van der Waals surface area contributed by atoms with Crippen LogP contribution in [0.15, 0.2) is 0 Å². The second-order valence-corrected chi connectivity index (χ2v) is 2.35. The van der Waals surface area contributed by atoms with Gasteiger partial charge in [-0.05, 0) is 6.92 Å². The summed E-state index contributed by atoms with van der Waals surface area (Å²) in [5.74, 6) is -1.08. The van der Waals surface area contributed by atoms with Crippen molar-refractivity contribution in [3.8, 4) is 0 Å². The molecule has 0 aromatic carbocycles. The van der Waals surface area contributed by atoms with E-state index in [-0.39, 0.29) is 0 Å². The van der Waals surface area contributed by atoms with Crippen molar-refractivity contribution in [1.29, 1.82) is 0 Å². The number of hydrogen-bond acceptors (Lipinski definition) is 3. The molecule has 0 amide bonds. The summed E-state index contributed by atoms with van der Waals surface area (Å²) in [6, 6.07) is 0. The van der Waals surface area contributed by atoms with E-state index in [1.165, 1.54) is 14.0 Å². The first-order valence-electron chi connectivity index (χ1n) is 2.01. The zero-order valence-electron chi connectivity index (χ0n) is 4.71. The van der Waals surface area contributed by atoms with Crippen LogP contribution in [0.25, 0.3) is 0 Å². The van der Waals surface area contributed by atoms with E-state index < -0.39 is 10.9 Å². The van der Waals surface area contributed by atoms with Gasteiger partial charge in [-0.25, -0.2) is 4.79 Å². The maximum atomic E-state index is 10.1. The number of methoxy groups -OCH3 is 1. The normalized spacial score (nSPS) is 17.4. The number of carboxylic acid groups (broad SMARTS) is 1. The van der Waals surface area contributed by atoms with Gasteiger partial charge in [-0.15, -0.1) is 12.6 Å². The summed E-state index contributed by atoms with van der Waals surface area (Å²) < 4.78 is 4.46. The first-order chi connectivity index (χ1) is 3.50. The third kappa shape index (κ3) is 1.71. The van der Waals surface area contributed by atoms with E-state index in [1.54, 1.807) is 0 Å². The highest BCUT2D eigenvalue weighted by Gasteiger charge is 2.26. The molecule has 0 bridgehead atoms. The van der Waals surface area contributed by atoms with Crippen molar-refractivity contribution >= 4 is 18.6 Å². The minimum absolute atomic E-state index is 1.08. The molecule has 0 aromatic heterocycles. The van der Waals surface area contributed by atoms with Crippen molar-refractivity contribution in [2.75, 3.05) is 7.11 Å². The highest BCUT2D eigenvalue weighted by Crippen LogP contribution is 2.12. The van der Waals surface area contributed by atoms with Crippen molar-refractivity contribution in [3.63, 3.8) is 0 Å². The number of thiol groups is 1. The highest BCUT2D eigenvalue weighted by molar-refractivity contribution is 7.82. The molecule has 0 radical (unpaired) electrons. The van der Waals surface area contributed by atoms with E-state index in [0.717, 1.165) is 0 Å². The third-order valence-corrected chi connectivity index (χ3v) is 1.17. The Balaban J connectivity index is 3.91. The van der Waals surface area contributed by atoms with Crippen molar-refractivity contribution in [3.05, 3.63) is 0 Å². The maximum Gasteiger partial charge on any atom is 0.346 e. The summed E-state index contributed by atoms with van der Waals surface area (Å²) >= 11 is 3.66. The van der Waals surface area contributed by atoms with Gasteiger partial charge in [0, 0.05) is 7.11 Å². The van der Waals surface area contributed by atoms with E-state index in [0.29, 0.717) is 0 Å². The Morgan fingerprint density at radius 1 is 1.88 bits per heavy atom. The third-order valence-electron chi connectivity index (χ3n) is 0.794. The van der Waals surface area contributed by atoms with E-state index in [4.69, 9.17) is 5.11 Å². The Morgan fingerprint density at radius 2 is 2.25 bits per heavy atom. The van der Waals surface area contributed by atoms with Crippen LogP contribution in [-0.2, 0) is 9.53 Å². The van der Waals surface area contributed by atoms with Crippen LogP contribution >= 0.6 is 12.6 Å².